The van der Waals surface area contributed by atoms with Gasteiger partial charge in [0.25, 0.3) is 0 Å². The van der Waals surface area contributed by atoms with Crippen LogP contribution in [-0.2, 0) is 11.3 Å². The first kappa shape index (κ1) is 25.0. The molecule has 1 aromatic heterocycles. The minimum atomic E-state index is -0.252. The molecule has 33 heavy (non-hydrogen) atoms. The van der Waals surface area contributed by atoms with Crippen molar-refractivity contribution in [3.05, 3.63) is 48.2 Å². The standard InChI is InChI=1S/C26H37N3O4/c1-19(2)21(17-30)28-24(31)16-29-14-8-12-26(3,4)18-32-22-10-5-6-11-23(22)33-25-20(15-29)9-7-13-27-25/h5-7,9-11,13,19,21,30H,8,12,14-18H2,1-4H3,(H,28,31)/t21-/m1/s1. The molecule has 0 bridgehead atoms. The predicted molar refractivity (Wildman–Crippen MR) is 128 cm³/mol. The van der Waals surface area contributed by atoms with E-state index >= 15 is 0 Å². The number of nitrogens with one attached hydrogen (secondary N) is 1. The highest BCUT2D eigenvalue weighted by atomic mass is 16.5. The number of hydrogen-bond acceptors (Lipinski definition) is 6. The summed E-state index contributed by atoms with van der Waals surface area (Å²) in [5, 5.41) is 12.6. The molecule has 0 radical (unpaired) electrons. The number of carbonyl (C=O) groups is 1. The molecular weight excluding hydrogens is 418 g/mol. The number of fused-ring (bicyclic) bond motifs is 2. The van der Waals surface area contributed by atoms with Gasteiger partial charge in [0.15, 0.2) is 11.5 Å². The van der Waals surface area contributed by atoms with Gasteiger partial charge in [-0.2, -0.15) is 0 Å². The summed E-state index contributed by atoms with van der Waals surface area (Å²) in [7, 11) is 0. The van der Waals surface area contributed by atoms with Gasteiger partial charge in [0, 0.05) is 18.3 Å². The molecule has 7 nitrogen and oxygen atoms in total. The Balaban J connectivity index is 1.85. The third-order valence-electron chi connectivity index (χ3n) is 5.96. The molecule has 0 unspecified atom stereocenters. The molecule has 2 N–H and O–H groups in total. The largest absolute Gasteiger partial charge is 0.489 e. The lowest BCUT2D eigenvalue weighted by Gasteiger charge is -2.28. The molecule has 1 aliphatic rings. The topological polar surface area (TPSA) is 83.9 Å². The van der Waals surface area contributed by atoms with Crippen LogP contribution < -0.4 is 14.8 Å². The number of carbonyl (C=O) groups excluding carboxylic acids is 1. The number of amides is 1. The van der Waals surface area contributed by atoms with Crippen LogP contribution in [0.2, 0.25) is 0 Å². The van der Waals surface area contributed by atoms with Crippen LogP contribution in [0, 0.1) is 11.3 Å². The molecule has 0 fully saturated rings. The minimum absolute atomic E-state index is 0.0280. The summed E-state index contributed by atoms with van der Waals surface area (Å²) in [5.41, 5.74) is 0.876. The van der Waals surface area contributed by atoms with Gasteiger partial charge in [0.1, 0.15) is 0 Å². The van der Waals surface area contributed by atoms with Gasteiger partial charge in [-0.05, 0) is 48.9 Å². The molecule has 1 amide bonds. The van der Waals surface area contributed by atoms with Gasteiger partial charge in [0.05, 0.1) is 25.8 Å². The van der Waals surface area contributed by atoms with E-state index in [9.17, 15) is 9.90 Å². The van der Waals surface area contributed by atoms with Crippen LogP contribution in [0.15, 0.2) is 42.6 Å². The molecule has 7 heteroatoms. The predicted octanol–water partition coefficient (Wildman–Crippen LogP) is 4.01. The van der Waals surface area contributed by atoms with Crippen LogP contribution in [0.3, 0.4) is 0 Å². The maximum Gasteiger partial charge on any atom is 0.234 e. The fraction of sp³-hybridized carbons (Fsp3) is 0.538. The monoisotopic (exact) mass is 455 g/mol. The molecule has 0 spiro atoms. The van der Waals surface area contributed by atoms with E-state index in [1.54, 1.807) is 6.20 Å². The summed E-state index contributed by atoms with van der Waals surface area (Å²) in [5.74, 6) is 1.90. The number of benzene rings is 1. The van der Waals surface area contributed by atoms with Crippen molar-refractivity contribution in [1.82, 2.24) is 15.2 Å². The van der Waals surface area contributed by atoms with E-state index in [-0.39, 0.29) is 36.4 Å². The summed E-state index contributed by atoms with van der Waals surface area (Å²) in [4.78, 5) is 19.4. The van der Waals surface area contributed by atoms with Gasteiger partial charge < -0.3 is 19.9 Å². The van der Waals surface area contributed by atoms with Gasteiger partial charge in [0.2, 0.25) is 11.8 Å². The van der Waals surface area contributed by atoms with E-state index in [4.69, 9.17) is 9.47 Å². The van der Waals surface area contributed by atoms with Crippen molar-refractivity contribution in [1.29, 1.82) is 0 Å². The van der Waals surface area contributed by atoms with Crippen LogP contribution >= 0.6 is 0 Å². The molecule has 0 saturated carbocycles. The Labute approximate surface area is 197 Å². The quantitative estimate of drug-likeness (QED) is 0.709. The summed E-state index contributed by atoms with van der Waals surface area (Å²) < 4.78 is 12.3. The molecule has 0 saturated heterocycles. The minimum Gasteiger partial charge on any atom is -0.489 e. The average Bonchev–Trinajstić information content (AvgIpc) is 2.78. The van der Waals surface area contributed by atoms with Crippen LogP contribution in [0.25, 0.3) is 0 Å². The molecule has 2 heterocycles. The van der Waals surface area contributed by atoms with E-state index < -0.39 is 0 Å². The second-order valence-electron chi connectivity index (χ2n) is 9.88. The summed E-state index contributed by atoms with van der Waals surface area (Å²) >= 11 is 0. The lowest BCUT2D eigenvalue weighted by atomic mass is 9.88. The summed E-state index contributed by atoms with van der Waals surface area (Å²) in [6, 6.07) is 11.2. The van der Waals surface area contributed by atoms with Crippen molar-refractivity contribution >= 4 is 5.91 Å². The zero-order valence-electron chi connectivity index (χ0n) is 20.2. The van der Waals surface area contributed by atoms with E-state index in [1.165, 1.54) is 0 Å². The first-order valence-electron chi connectivity index (χ1n) is 11.7. The first-order chi connectivity index (χ1) is 15.8. The van der Waals surface area contributed by atoms with Crippen LogP contribution in [0.4, 0.5) is 0 Å². The van der Waals surface area contributed by atoms with Crippen molar-refractivity contribution in [2.45, 2.75) is 53.1 Å². The molecular formula is C26H37N3O4. The van der Waals surface area contributed by atoms with Crippen LogP contribution in [0.5, 0.6) is 17.4 Å². The Bertz CT molecular complexity index is 916. The van der Waals surface area contributed by atoms with E-state index in [1.807, 2.05) is 50.2 Å². The lowest BCUT2D eigenvalue weighted by Crippen LogP contribution is -2.46. The van der Waals surface area contributed by atoms with Crippen LogP contribution in [-0.4, -0.2) is 53.2 Å². The molecule has 3 rings (SSSR count). The molecule has 180 valence electrons. The van der Waals surface area contributed by atoms with E-state index in [2.05, 4.69) is 29.0 Å². The van der Waals surface area contributed by atoms with Crippen molar-refractivity contribution < 1.29 is 19.4 Å². The Morgan fingerprint density at radius 2 is 1.97 bits per heavy atom. The Morgan fingerprint density at radius 3 is 2.70 bits per heavy atom. The number of aliphatic hydroxyl groups excluding tert-OH is 1. The maximum atomic E-state index is 12.8. The first-order valence-corrected chi connectivity index (χ1v) is 11.7. The third kappa shape index (κ3) is 7.44. The second kappa shape index (κ2) is 11.5. The number of aromatic nitrogens is 1. The number of pyridine rings is 1. The Morgan fingerprint density at radius 1 is 1.21 bits per heavy atom. The third-order valence-corrected chi connectivity index (χ3v) is 5.96. The van der Waals surface area contributed by atoms with Crippen molar-refractivity contribution in [2.75, 3.05) is 26.3 Å². The average molecular weight is 456 g/mol. The number of ether oxygens (including phenoxy) is 2. The Kier molecular flexibility index (Phi) is 8.69. The van der Waals surface area contributed by atoms with Crippen LogP contribution in [0.1, 0.15) is 46.1 Å². The van der Waals surface area contributed by atoms with Gasteiger partial charge in [-0.25, -0.2) is 4.98 Å². The normalized spacial score (nSPS) is 17.8. The zero-order chi connectivity index (χ0) is 23.8. The van der Waals surface area contributed by atoms with Crippen molar-refractivity contribution in [3.63, 3.8) is 0 Å². The van der Waals surface area contributed by atoms with Gasteiger partial charge in [-0.1, -0.05) is 45.9 Å². The van der Waals surface area contributed by atoms with Gasteiger partial charge >= 0.3 is 0 Å². The Hall–Kier alpha value is -2.64. The smallest absolute Gasteiger partial charge is 0.234 e. The van der Waals surface area contributed by atoms with E-state index in [0.717, 1.165) is 24.9 Å². The fourth-order valence-electron chi connectivity index (χ4n) is 3.85. The number of rotatable bonds is 5. The molecule has 0 aliphatic carbocycles. The molecule has 1 aromatic carbocycles. The molecule has 2 aromatic rings. The second-order valence-corrected chi connectivity index (χ2v) is 9.88. The highest BCUT2D eigenvalue weighted by Gasteiger charge is 2.23. The SMILES string of the molecule is CC(C)[C@@H](CO)NC(=O)CN1CCCC(C)(C)COc2ccccc2Oc2ncccc2C1. The lowest BCUT2D eigenvalue weighted by molar-refractivity contribution is -0.123. The number of hydrogen-bond donors (Lipinski definition) is 2. The summed E-state index contributed by atoms with van der Waals surface area (Å²) in [6.07, 6.45) is 3.59. The highest BCUT2D eigenvalue weighted by molar-refractivity contribution is 5.78. The molecule has 1 atom stereocenters. The number of nitrogens with zero attached hydrogens (tertiary/aromatic N) is 2. The molecule has 1 aliphatic heterocycles. The van der Waals surface area contributed by atoms with Crippen molar-refractivity contribution in [2.24, 2.45) is 11.3 Å². The number of aliphatic hydroxyl groups is 1. The fourth-order valence-corrected chi connectivity index (χ4v) is 3.85. The highest BCUT2D eigenvalue weighted by Crippen LogP contribution is 2.34. The number of para-hydroxylation sites is 2. The van der Waals surface area contributed by atoms with Gasteiger partial charge in [-0.3, -0.25) is 9.69 Å². The van der Waals surface area contributed by atoms with Gasteiger partial charge in [-0.15, -0.1) is 0 Å². The van der Waals surface area contributed by atoms with Crippen molar-refractivity contribution in [3.8, 4) is 17.4 Å². The zero-order valence-corrected chi connectivity index (χ0v) is 20.2. The van der Waals surface area contributed by atoms with E-state index in [0.29, 0.717) is 30.5 Å². The maximum absolute atomic E-state index is 12.8. The summed E-state index contributed by atoms with van der Waals surface area (Å²) in [6.45, 7) is 10.4.